The van der Waals surface area contributed by atoms with Crippen LogP contribution in [0.3, 0.4) is 0 Å². The average Bonchev–Trinajstić information content (AvgIpc) is 2.90. The fourth-order valence-corrected chi connectivity index (χ4v) is 6.13. The summed E-state index contributed by atoms with van der Waals surface area (Å²) in [6, 6.07) is 20.6. The minimum Gasteiger partial charge on any atom is -0.293 e. The van der Waals surface area contributed by atoms with Gasteiger partial charge in [0.05, 0.1) is 22.5 Å². The third-order valence-corrected chi connectivity index (χ3v) is 8.06. The highest BCUT2D eigenvalue weighted by molar-refractivity contribution is 6.02. The lowest BCUT2D eigenvalue weighted by molar-refractivity contribution is -0.121. The number of allylic oxidation sites excluding steroid dienone is 2. The van der Waals surface area contributed by atoms with Crippen LogP contribution in [0.1, 0.15) is 37.1 Å². The molecular formula is C31H26N4O. The highest BCUT2D eigenvalue weighted by Gasteiger charge is 2.49. The van der Waals surface area contributed by atoms with Gasteiger partial charge in [-0.3, -0.25) is 9.78 Å². The zero-order valence-electron chi connectivity index (χ0n) is 20.6. The van der Waals surface area contributed by atoms with Crippen LogP contribution < -0.4 is 0 Å². The van der Waals surface area contributed by atoms with Crippen molar-refractivity contribution in [3.63, 3.8) is 0 Å². The lowest BCUT2D eigenvalue weighted by Gasteiger charge is -2.45. The number of para-hydroxylation sites is 1. The number of fused-ring (bicyclic) bond motifs is 4. The van der Waals surface area contributed by atoms with E-state index in [1.807, 2.05) is 43.3 Å². The highest BCUT2D eigenvalue weighted by atomic mass is 16.1. The molecule has 0 fully saturated rings. The van der Waals surface area contributed by atoms with E-state index in [9.17, 15) is 10.1 Å². The van der Waals surface area contributed by atoms with E-state index in [1.165, 1.54) is 5.56 Å². The predicted molar refractivity (Wildman–Crippen MR) is 140 cm³/mol. The Balaban J connectivity index is 1.68. The molecule has 2 aliphatic carbocycles. The van der Waals surface area contributed by atoms with Gasteiger partial charge in [0.2, 0.25) is 0 Å². The quantitative estimate of drug-likeness (QED) is 0.351. The van der Waals surface area contributed by atoms with E-state index < -0.39 is 5.41 Å². The van der Waals surface area contributed by atoms with Gasteiger partial charge >= 0.3 is 0 Å². The van der Waals surface area contributed by atoms with Crippen molar-refractivity contribution in [2.24, 2.45) is 11.8 Å². The molecule has 36 heavy (non-hydrogen) atoms. The standard InChI is InChI=1S/C31H26N4O/c1-18-8-10-20(11-9-18)27-24-12-13-25-19(2)28(36)21(17-32)16-31(25,3)29(24)35-30(34-27)23-14-15-33-26-7-5-4-6-22(23)26/h4-11,14-16,19,25H,12-13H2,1-3H3/t19-,25-,31-/m1/s1. The third-order valence-electron chi connectivity index (χ3n) is 8.06. The SMILES string of the molecule is Cc1ccc(-c2nc(-c3ccnc4ccccc34)nc3c2CC[C@@H]2[C@@H](C)C(=O)C(C#N)=C[C@@]32C)cc1. The Labute approximate surface area is 210 Å². The molecule has 6 rings (SSSR count). The van der Waals surface area contributed by atoms with Crippen LogP contribution in [-0.4, -0.2) is 20.7 Å². The molecule has 2 aromatic carbocycles. The fraction of sp³-hybridized carbons (Fsp3) is 0.258. The van der Waals surface area contributed by atoms with Crippen molar-refractivity contribution in [2.45, 2.75) is 39.0 Å². The van der Waals surface area contributed by atoms with Gasteiger partial charge < -0.3 is 0 Å². The number of nitrogens with zero attached hydrogens (tertiary/aromatic N) is 4. The van der Waals surface area contributed by atoms with Crippen LogP contribution in [0, 0.1) is 30.1 Å². The van der Waals surface area contributed by atoms with Gasteiger partial charge in [-0.25, -0.2) is 9.97 Å². The smallest absolute Gasteiger partial charge is 0.176 e. The molecule has 2 aromatic heterocycles. The Hall–Kier alpha value is -4.17. The van der Waals surface area contributed by atoms with Crippen molar-refractivity contribution in [3.05, 3.63) is 89.3 Å². The first-order valence-electron chi connectivity index (χ1n) is 12.4. The molecule has 0 radical (unpaired) electrons. The van der Waals surface area contributed by atoms with E-state index in [1.54, 1.807) is 6.20 Å². The summed E-state index contributed by atoms with van der Waals surface area (Å²) in [6.07, 6.45) is 5.32. The Morgan fingerprint density at radius 2 is 1.83 bits per heavy atom. The molecule has 0 unspecified atom stereocenters. The maximum atomic E-state index is 12.9. The maximum absolute atomic E-state index is 12.9. The summed E-state index contributed by atoms with van der Waals surface area (Å²) in [6.45, 7) is 6.17. The number of aromatic nitrogens is 3. The minimum absolute atomic E-state index is 0.0587. The molecule has 3 atom stereocenters. The van der Waals surface area contributed by atoms with E-state index in [0.29, 0.717) is 5.82 Å². The van der Waals surface area contributed by atoms with Crippen molar-refractivity contribution < 1.29 is 4.79 Å². The van der Waals surface area contributed by atoms with Crippen LogP contribution in [0.15, 0.2) is 72.4 Å². The second-order valence-corrected chi connectivity index (χ2v) is 10.2. The molecule has 2 heterocycles. The van der Waals surface area contributed by atoms with Crippen molar-refractivity contribution in [1.29, 1.82) is 5.26 Å². The first kappa shape index (κ1) is 22.3. The van der Waals surface area contributed by atoms with E-state index >= 15 is 0 Å². The number of aryl methyl sites for hydroxylation is 1. The summed E-state index contributed by atoms with van der Waals surface area (Å²) in [5.74, 6) is 0.432. The first-order valence-corrected chi connectivity index (χ1v) is 12.4. The summed E-state index contributed by atoms with van der Waals surface area (Å²) >= 11 is 0. The van der Waals surface area contributed by atoms with E-state index in [0.717, 1.165) is 51.8 Å². The van der Waals surface area contributed by atoms with Crippen molar-refractivity contribution in [2.75, 3.05) is 0 Å². The van der Waals surface area contributed by atoms with Crippen LogP contribution in [0.2, 0.25) is 0 Å². The van der Waals surface area contributed by atoms with Gasteiger partial charge in [0.25, 0.3) is 0 Å². The largest absolute Gasteiger partial charge is 0.293 e. The van der Waals surface area contributed by atoms with Gasteiger partial charge in [-0.1, -0.05) is 68.0 Å². The van der Waals surface area contributed by atoms with E-state index in [-0.39, 0.29) is 23.2 Å². The topological polar surface area (TPSA) is 79.5 Å². The molecule has 2 aliphatic rings. The average molecular weight is 471 g/mol. The lowest BCUT2D eigenvalue weighted by atomic mass is 9.57. The number of hydrogen-bond donors (Lipinski definition) is 0. The number of carbonyl (C=O) groups excluding carboxylic acids is 1. The second-order valence-electron chi connectivity index (χ2n) is 10.2. The third kappa shape index (κ3) is 3.29. The highest BCUT2D eigenvalue weighted by Crippen LogP contribution is 2.51. The second kappa shape index (κ2) is 8.20. The molecule has 5 heteroatoms. The monoisotopic (exact) mass is 470 g/mol. The Morgan fingerprint density at radius 1 is 1.06 bits per heavy atom. The number of hydrogen-bond acceptors (Lipinski definition) is 5. The van der Waals surface area contributed by atoms with Crippen molar-refractivity contribution in [1.82, 2.24) is 15.0 Å². The van der Waals surface area contributed by atoms with E-state index in [2.05, 4.69) is 49.2 Å². The summed E-state index contributed by atoms with van der Waals surface area (Å²) in [7, 11) is 0. The van der Waals surface area contributed by atoms with Gasteiger partial charge in [0, 0.05) is 39.6 Å². The van der Waals surface area contributed by atoms with Crippen LogP contribution in [0.4, 0.5) is 0 Å². The predicted octanol–water partition coefficient (Wildman–Crippen LogP) is 6.16. The van der Waals surface area contributed by atoms with Gasteiger partial charge in [-0.2, -0.15) is 5.26 Å². The van der Waals surface area contributed by atoms with E-state index in [4.69, 9.17) is 9.97 Å². The molecule has 0 spiro atoms. The van der Waals surface area contributed by atoms with Gasteiger partial charge in [-0.15, -0.1) is 0 Å². The summed E-state index contributed by atoms with van der Waals surface area (Å²) < 4.78 is 0. The number of rotatable bonds is 2. The number of Topliss-reactive ketones (excluding diaryl/α,β-unsaturated/α-hetero) is 1. The molecule has 0 aliphatic heterocycles. The number of benzene rings is 2. The molecule has 0 saturated carbocycles. The number of nitriles is 1. The zero-order valence-corrected chi connectivity index (χ0v) is 20.6. The van der Waals surface area contributed by atoms with Crippen molar-refractivity contribution >= 4 is 16.7 Å². The van der Waals surface area contributed by atoms with Crippen LogP contribution in [0.5, 0.6) is 0 Å². The summed E-state index contributed by atoms with van der Waals surface area (Å²) in [5.41, 5.74) is 6.70. The Morgan fingerprint density at radius 3 is 2.61 bits per heavy atom. The van der Waals surface area contributed by atoms with Crippen molar-refractivity contribution in [3.8, 4) is 28.7 Å². The molecule has 0 N–H and O–H groups in total. The fourth-order valence-electron chi connectivity index (χ4n) is 6.13. The molecule has 0 bridgehead atoms. The molecule has 0 amide bonds. The van der Waals surface area contributed by atoms with Crippen LogP contribution in [-0.2, 0) is 16.6 Å². The van der Waals surface area contributed by atoms with Gasteiger partial charge in [-0.05, 0) is 37.8 Å². The Bertz CT molecular complexity index is 1610. The van der Waals surface area contributed by atoms with Gasteiger partial charge in [0.15, 0.2) is 11.6 Å². The minimum atomic E-state index is -0.536. The Kier molecular flexibility index (Phi) is 5.08. The number of ketones is 1. The summed E-state index contributed by atoms with van der Waals surface area (Å²) in [5, 5.41) is 10.8. The lowest BCUT2D eigenvalue weighted by Crippen LogP contribution is -2.46. The maximum Gasteiger partial charge on any atom is 0.176 e. The zero-order chi connectivity index (χ0) is 25.0. The first-order chi connectivity index (χ1) is 17.4. The number of carbonyl (C=O) groups is 1. The molecule has 176 valence electrons. The number of pyridine rings is 1. The summed E-state index contributed by atoms with van der Waals surface area (Å²) in [4.78, 5) is 27.8. The van der Waals surface area contributed by atoms with Crippen LogP contribution in [0.25, 0.3) is 33.5 Å². The molecule has 5 nitrogen and oxygen atoms in total. The normalized spacial score (nSPS) is 22.9. The molecular weight excluding hydrogens is 444 g/mol. The molecule has 0 saturated heterocycles. The van der Waals surface area contributed by atoms with Gasteiger partial charge in [0.1, 0.15) is 6.07 Å². The molecule has 4 aromatic rings. The van der Waals surface area contributed by atoms with Crippen LogP contribution >= 0.6 is 0 Å².